The average Bonchev–Trinajstić information content (AvgIpc) is 3.24. The number of hydrogen-bond acceptors (Lipinski definition) is 4. The Morgan fingerprint density at radius 3 is 2.74 bits per heavy atom. The number of hydrogen-bond donors (Lipinski definition) is 1. The van der Waals surface area contributed by atoms with Crippen LogP contribution in [0.15, 0.2) is 60.9 Å². The van der Waals surface area contributed by atoms with Crippen molar-refractivity contribution in [3.8, 4) is 17.0 Å². The number of anilines is 1. The van der Waals surface area contributed by atoms with Crippen LogP contribution in [0, 0.1) is 6.92 Å². The summed E-state index contributed by atoms with van der Waals surface area (Å²) < 4.78 is 31.9. The number of aryl methyl sites for hydroxylation is 2. The molecule has 0 aliphatic rings. The maximum absolute atomic E-state index is 13.2. The first kappa shape index (κ1) is 20.5. The zero-order valence-corrected chi connectivity index (χ0v) is 17.0. The third kappa shape index (κ3) is 4.37. The molecule has 2 aromatic heterocycles. The lowest BCUT2D eigenvalue weighted by Gasteiger charge is -2.14. The first-order chi connectivity index (χ1) is 14.9. The summed E-state index contributed by atoms with van der Waals surface area (Å²) in [5, 5.41) is 7.63. The van der Waals surface area contributed by atoms with E-state index in [4.69, 9.17) is 0 Å². The van der Waals surface area contributed by atoms with Crippen LogP contribution < -0.4 is 10.1 Å². The molecule has 0 atom stereocenters. The maximum atomic E-state index is 13.2. The van der Waals surface area contributed by atoms with Crippen LogP contribution in [0.1, 0.15) is 22.8 Å². The monoisotopic (exact) mass is 422 g/mol. The molecule has 4 aromatic rings. The second kappa shape index (κ2) is 8.51. The number of alkyl halides is 2. The molecule has 31 heavy (non-hydrogen) atoms. The fourth-order valence-electron chi connectivity index (χ4n) is 3.31. The smallest absolute Gasteiger partial charge is 0.387 e. The number of ether oxygens (including phenoxy) is 1. The van der Waals surface area contributed by atoms with E-state index in [9.17, 15) is 13.6 Å². The molecule has 1 N–H and O–H groups in total. The Kier molecular flexibility index (Phi) is 5.62. The van der Waals surface area contributed by atoms with Crippen molar-refractivity contribution in [2.45, 2.75) is 27.0 Å². The van der Waals surface area contributed by atoms with Gasteiger partial charge in [0.1, 0.15) is 5.75 Å². The Labute approximate surface area is 177 Å². The van der Waals surface area contributed by atoms with Crippen molar-refractivity contribution in [1.82, 2.24) is 14.8 Å². The molecule has 0 saturated heterocycles. The van der Waals surface area contributed by atoms with Gasteiger partial charge in [-0.2, -0.15) is 13.9 Å². The number of aromatic nitrogens is 3. The van der Waals surface area contributed by atoms with Crippen LogP contribution in [-0.2, 0) is 6.54 Å². The molecule has 0 spiro atoms. The number of benzene rings is 2. The van der Waals surface area contributed by atoms with E-state index in [0.717, 1.165) is 11.1 Å². The molecule has 1 amide bonds. The number of fused-ring (bicyclic) bond motifs is 1. The Morgan fingerprint density at radius 2 is 2.00 bits per heavy atom. The summed E-state index contributed by atoms with van der Waals surface area (Å²) in [7, 11) is 0. The highest BCUT2D eigenvalue weighted by molar-refractivity contribution is 6.13. The normalized spacial score (nSPS) is 11.1. The molecule has 0 radical (unpaired) electrons. The minimum absolute atomic E-state index is 0.100. The van der Waals surface area contributed by atoms with Crippen LogP contribution >= 0.6 is 0 Å². The second-order valence-electron chi connectivity index (χ2n) is 6.99. The van der Waals surface area contributed by atoms with Gasteiger partial charge in [-0.15, -0.1) is 0 Å². The third-order valence-corrected chi connectivity index (χ3v) is 4.81. The van der Waals surface area contributed by atoms with Gasteiger partial charge < -0.3 is 10.1 Å². The molecule has 158 valence electrons. The number of carbonyl (C=O) groups excluding carboxylic acids is 1. The minimum atomic E-state index is -3.00. The van der Waals surface area contributed by atoms with E-state index in [0.29, 0.717) is 28.7 Å². The van der Waals surface area contributed by atoms with Crippen molar-refractivity contribution in [2.24, 2.45) is 0 Å². The molecule has 2 aromatic carbocycles. The highest BCUT2D eigenvalue weighted by atomic mass is 19.3. The van der Waals surface area contributed by atoms with Gasteiger partial charge in [0, 0.05) is 23.7 Å². The molecule has 4 rings (SSSR count). The summed E-state index contributed by atoms with van der Waals surface area (Å²) in [5.41, 5.74) is 3.35. The van der Waals surface area contributed by atoms with Crippen molar-refractivity contribution in [2.75, 3.05) is 5.32 Å². The van der Waals surface area contributed by atoms with E-state index < -0.39 is 12.5 Å². The highest BCUT2D eigenvalue weighted by Crippen LogP contribution is 2.30. The number of amides is 1. The molecular weight excluding hydrogens is 402 g/mol. The summed E-state index contributed by atoms with van der Waals surface area (Å²) >= 11 is 0. The first-order valence-electron chi connectivity index (χ1n) is 9.74. The molecule has 6 nitrogen and oxygen atoms in total. The lowest BCUT2D eigenvalue weighted by Crippen LogP contribution is -2.15. The highest BCUT2D eigenvalue weighted by Gasteiger charge is 2.18. The van der Waals surface area contributed by atoms with Crippen molar-refractivity contribution >= 4 is 22.5 Å². The SMILES string of the molecule is CCn1cc(-c2cc(C(=O)Nc3cc(C)ccc3OC(F)F)c3ccccc3n2)cn1. The summed E-state index contributed by atoms with van der Waals surface area (Å²) in [6.45, 7) is 1.49. The fraction of sp³-hybridized carbons (Fsp3) is 0.174. The van der Waals surface area contributed by atoms with Gasteiger partial charge in [-0.05, 0) is 43.7 Å². The molecule has 0 aliphatic heterocycles. The molecule has 0 saturated carbocycles. The van der Waals surface area contributed by atoms with Gasteiger partial charge in [0.25, 0.3) is 5.91 Å². The van der Waals surface area contributed by atoms with Crippen LogP contribution in [0.25, 0.3) is 22.2 Å². The Bertz CT molecular complexity index is 1250. The van der Waals surface area contributed by atoms with Gasteiger partial charge in [-0.1, -0.05) is 24.3 Å². The Morgan fingerprint density at radius 1 is 1.19 bits per heavy atom. The van der Waals surface area contributed by atoms with Gasteiger partial charge >= 0.3 is 6.61 Å². The topological polar surface area (TPSA) is 69.0 Å². The quantitative estimate of drug-likeness (QED) is 0.459. The minimum Gasteiger partial charge on any atom is -0.433 e. The van der Waals surface area contributed by atoms with E-state index in [1.165, 1.54) is 6.07 Å². The zero-order chi connectivity index (χ0) is 22.0. The number of para-hydroxylation sites is 1. The lowest BCUT2D eigenvalue weighted by molar-refractivity contribution is -0.0493. The number of carbonyl (C=O) groups is 1. The molecule has 0 aliphatic carbocycles. The van der Waals surface area contributed by atoms with Crippen LogP contribution in [0.3, 0.4) is 0 Å². The zero-order valence-electron chi connectivity index (χ0n) is 17.0. The summed E-state index contributed by atoms with van der Waals surface area (Å²) in [6, 6.07) is 13.6. The van der Waals surface area contributed by atoms with E-state index in [1.54, 1.807) is 42.1 Å². The Balaban J connectivity index is 1.77. The average molecular weight is 422 g/mol. The number of nitrogens with zero attached hydrogens (tertiary/aromatic N) is 3. The van der Waals surface area contributed by atoms with E-state index in [2.05, 4.69) is 20.1 Å². The molecule has 0 unspecified atom stereocenters. The molecule has 8 heteroatoms. The van der Waals surface area contributed by atoms with Crippen molar-refractivity contribution in [3.63, 3.8) is 0 Å². The number of nitrogens with one attached hydrogen (secondary N) is 1. The van der Waals surface area contributed by atoms with Gasteiger partial charge in [0.2, 0.25) is 0 Å². The van der Waals surface area contributed by atoms with Gasteiger partial charge in [-0.25, -0.2) is 4.98 Å². The van der Waals surface area contributed by atoms with Crippen molar-refractivity contribution < 1.29 is 18.3 Å². The van der Waals surface area contributed by atoms with Gasteiger partial charge in [-0.3, -0.25) is 9.48 Å². The largest absolute Gasteiger partial charge is 0.433 e. The summed E-state index contributed by atoms with van der Waals surface area (Å²) in [5.74, 6) is -0.552. The van der Waals surface area contributed by atoms with Crippen LogP contribution in [0.2, 0.25) is 0 Å². The number of pyridine rings is 1. The first-order valence-corrected chi connectivity index (χ1v) is 9.74. The third-order valence-electron chi connectivity index (χ3n) is 4.81. The van der Waals surface area contributed by atoms with Crippen LogP contribution in [0.5, 0.6) is 5.75 Å². The second-order valence-corrected chi connectivity index (χ2v) is 6.99. The maximum Gasteiger partial charge on any atom is 0.387 e. The summed E-state index contributed by atoms with van der Waals surface area (Å²) in [6.07, 6.45) is 3.55. The molecule has 0 fully saturated rings. The van der Waals surface area contributed by atoms with E-state index in [1.807, 2.05) is 31.3 Å². The van der Waals surface area contributed by atoms with E-state index >= 15 is 0 Å². The predicted octanol–water partition coefficient (Wildman–Crippen LogP) is 5.28. The molecule has 2 heterocycles. The Hall–Kier alpha value is -3.81. The number of rotatable bonds is 6. The van der Waals surface area contributed by atoms with Crippen LogP contribution in [0.4, 0.5) is 14.5 Å². The fourth-order valence-corrected chi connectivity index (χ4v) is 3.31. The lowest BCUT2D eigenvalue weighted by atomic mass is 10.0. The standard InChI is InChI=1S/C23H20F2N4O2/c1-3-29-13-15(12-26-29)19-11-17(16-6-4-5-7-18(16)27-19)22(30)28-20-10-14(2)8-9-21(20)31-23(24)25/h4-13,23H,3H2,1-2H3,(H,28,30). The number of halogens is 2. The van der Waals surface area contributed by atoms with Gasteiger partial charge in [0.05, 0.1) is 28.7 Å². The predicted molar refractivity (Wildman–Crippen MR) is 114 cm³/mol. The molecular formula is C23H20F2N4O2. The summed E-state index contributed by atoms with van der Waals surface area (Å²) in [4.78, 5) is 17.9. The molecule has 0 bridgehead atoms. The van der Waals surface area contributed by atoms with Crippen molar-refractivity contribution in [3.05, 3.63) is 72.1 Å². The van der Waals surface area contributed by atoms with E-state index in [-0.39, 0.29) is 11.4 Å². The van der Waals surface area contributed by atoms with Crippen molar-refractivity contribution in [1.29, 1.82) is 0 Å². The van der Waals surface area contributed by atoms with Crippen LogP contribution in [-0.4, -0.2) is 27.3 Å². The van der Waals surface area contributed by atoms with Gasteiger partial charge in [0.15, 0.2) is 0 Å².